The summed E-state index contributed by atoms with van der Waals surface area (Å²) in [6.07, 6.45) is 1.08. The first-order valence-corrected chi connectivity index (χ1v) is 9.07. The minimum atomic E-state index is -0.481. The molecule has 5 heteroatoms. The monoisotopic (exact) mass is 349 g/mol. The van der Waals surface area contributed by atoms with E-state index in [2.05, 4.69) is 5.10 Å². The number of carbonyl (C=O) groups excluding carboxylic acids is 1. The molecular formula is C21H23N3O2. The Balaban J connectivity index is 1.54. The molecule has 2 aliphatic heterocycles. The molecule has 0 bridgehead atoms. The Morgan fingerprint density at radius 2 is 1.85 bits per heavy atom. The zero-order valence-electron chi connectivity index (χ0n) is 14.9. The van der Waals surface area contributed by atoms with E-state index >= 15 is 0 Å². The molecule has 26 heavy (non-hydrogen) atoms. The van der Waals surface area contributed by atoms with Gasteiger partial charge in [0.25, 0.3) is 5.91 Å². The van der Waals surface area contributed by atoms with Gasteiger partial charge >= 0.3 is 0 Å². The van der Waals surface area contributed by atoms with E-state index in [0.29, 0.717) is 18.5 Å². The molecule has 2 aromatic carbocycles. The summed E-state index contributed by atoms with van der Waals surface area (Å²) in [4.78, 5) is 14.8. The molecule has 0 saturated carbocycles. The van der Waals surface area contributed by atoms with Crippen molar-refractivity contribution in [2.24, 2.45) is 5.10 Å². The van der Waals surface area contributed by atoms with E-state index in [-0.39, 0.29) is 11.9 Å². The first-order valence-electron chi connectivity index (χ1n) is 9.07. The van der Waals surface area contributed by atoms with Crippen molar-refractivity contribution in [1.82, 2.24) is 4.90 Å². The van der Waals surface area contributed by atoms with Gasteiger partial charge in [-0.3, -0.25) is 9.80 Å². The van der Waals surface area contributed by atoms with Crippen molar-refractivity contribution < 1.29 is 9.90 Å². The number of nitrogens with zero attached hydrogens (tertiary/aromatic N) is 3. The smallest absolute Gasteiger partial charge is 0.254 e. The third-order valence-corrected chi connectivity index (χ3v) is 5.11. The van der Waals surface area contributed by atoms with Crippen molar-refractivity contribution in [2.45, 2.75) is 31.9 Å². The molecule has 2 aromatic rings. The van der Waals surface area contributed by atoms with Gasteiger partial charge in [0.15, 0.2) is 0 Å². The van der Waals surface area contributed by atoms with Crippen LogP contribution < -0.4 is 5.01 Å². The van der Waals surface area contributed by atoms with Crippen molar-refractivity contribution in [1.29, 1.82) is 0 Å². The van der Waals surface area contributed by atoms with Crippen LogP contribution in [0.1, 0.15) is 41.7 Å². The first kappa shape index (κ1) is 16.8. The summed E-state index contributed by atoms with van der Waals surface area (Å²) in [5.41, 5.74) is 3.83. The van der Waals surface area contributed by atoms with Crippen LogP contribution in [-0.4, -0.2) is 40.8 Å². The summed E-state index contributed by atoms with van der Waals surface area (Å²) in [7, 11) is 0. The van der Waals surface area contributed by atoms with E-state index in [4.69, 9.17) is 0 Å². The number of rotatable bonds is 3. The second-order valence-electron chi connectivity index (χ2n) is 7.03. The predicted molar refractivity (Wildman–Crippen MR) is 102 cm³/mol. The van der Waals surface area contributed by atoms with Crippen LogP contribution in [0.4, 0.5) is 5.69 Å². The quantitative estimate of drug-likeness (QED) is 0.926. The number of aliphatic hydroxyl groups is 1. The summed E-state index contributed by atoms with van der Waals surface area (Å²) in [5.74, 6) is -0.0388. The highest BCUT2D eigenvalue weighted by atomic mass is 16.3. The van der Waals surface area contributed by atoms with E-state index in [0.717, 1.165) is 29.9 Å². The fourth-order valence-electron chi connectivity index (χ4n) is 3.73. The fourth-order valence-corrected chi connectivity index (χ4v) is 3.73. The molecule has 1 fully saturated rings. The largest absolute Gasteiger partial charge is 0.391 e. The van der Waals surface area contributed by atoms with E-state index in [1.54, 1.807) is 4.90 Å². The van der Waals surface area contributed by atoms with Gasteiger partial charge in [0.2, 0.25) is 0 Å². The molecular weight excluding hydrogens is 326 g/mol. The molecule has 0 aromatic heterocycles. The van der Waals surface area contributed by atoms with E-state index in [1.165, 1.54) is 0 Å². The Bertz CT molecular complexity index is 817. The Morgan fingerprint density at radius 1 is 1.12 bits per heavy atom. The minimum Gasteiger partial charge on any atom is -0.391 e. The van der Waals surface area contributed by atoms with Gasteiger partial charge in [-0.15, -0.1) is 0 Å². The summed E-state index contributed by atoms with van der Waals surface area (Å²) in [5, 5.41) is 16.6. The molecule has 2 atom stereocenters. The number of hydrogen-bond acceptors (Lipinski definition) is 4. The van der Waals surface area contributed by atoms with Gasteiger partial charge in [0, 0.05) is 30.8 Å². The van der Waals surface area contributed by atoms with Crippen LogP contribution in [0, 0.1) is 0 Å². The number of anilines is 1. The van der Waals surface area contributed by atoms with Gasteiger partial charge in [-0.25, -0.2) is 0 Å². The molecule has 1 N–H and O–H groups in total. The van der Waals surface area contributed by atoms with Crippen LogP contribution in [0.15, 0.2) is 59.7 Å². The number of amides is 1. The molecule has 1 amide bonds. The molecule has 2 unspecified atom stereocenters. The summed E-state index contributed by atoms with van der Waals surface area (Å²) < 4.78 is 0. The van der Waals surface area contributed by atoms with Crippen LogP contribution in [0.5, 0.6) is 0 Å². The van der Waals surface area contributed by atoms with E-state index < -0.39 is 6.10 Å². The lowest BCUT2D eigenvalue weighted by molar-refractivity contribution is 0.0716. The molecule has 134 valence electrons. The van der Waals surface area contributed by atoms with E-state index in [9.17, 15) is 9.90 Å². The SMILES string of the molecule is CC1=NN(c2ccc(C(=O)N3CC(O)CC3c3ccccc3)cc2)CC1. The Morgan fingerprint density at radius 3 is 2.50 bits per heavy atom. The van der Waals surface area contributed by atoms with Crippen LogP contribution in [0.25, 0.3) is 0 Å². The van der Waals surface area contributed by atoms with Crippen LogP contribution >= 0.6 is 0 Å². The number of hydrazone groups is 1. The summed E-state index contributed by atoms with van der Waals surface area (Å²) in [6, 6.07) is 17.4. The number of likely N-dealkylation sites (tertiary alicyclic amines) is 1. The lowest BCUT2D eigenvalue weighted by Crippen LogP contribution is -2.31. The number of β-amino-alcohol motifs (C(OH)–C–C–N with tert-alkyl or cyclic N) is 1. The van der Waals surface area contributed by atoms with Crippen molar-refractivity contribution in [3.63, 3.8) is 0 Å². The molecule has 0 radical (unpaired) electrons. The maximum atomic E-state index is 13.0. The zero-order valence-corrected chi connectivity index (χ0v) is 14.9. The Kier molecular flexibility index (Phi) is 4.47. The number of aliphatic hydroxyl groups excluding tert-OH is 1. The second kappa shape index (κ2) is 6.92. The topological polar surface area (TPSA) is 56.1 Å². The van der Waals surface area contributed by atoms with Crippen LogP contribution in [0.2, 0.25) is 0 Å². The summed E-state index contributed by atoms with van der Waals surface area (Å²) >= 11 is 0. The van der Waals surface area contributed by atoms with Crippen LogP contribution in [0.3, 0.4) is 0 Å². The normalized spacial score (nSPS) is 22.6. The van der Waals surface area contributed by atoms with Gasteiger partial charge in [-0.2, -0.15) is 5.10 Å². The van der Waals surface area contributed by atoms with Crippen LogP contribution in [-0.2, 0) is 0 Å². The van der Waals surface area contributed by atoms with Crippen molar-refractivity contribution >= 4 is 17.3 Å². The van der Waals surface area contributed by atoms with Gasteiger partial charge in [-0.05, 0) is 43.2 Å². The van der Waals surface area contributed by atoms with Crippen molar-refractivity contribution in [3.8, 4) is 0 Å². The van der Waals surface area contributed by atoms with Gasteiger partial charge in [0.1, 0.15) is 0 Å². The van der Waals surface area contributed by atoms with E-state index in [1.807, 2.05) is 66.5 Å². The maximum Gasteiger partial charge on any atom is 0.254 e. The average molecular weight is 349 g/mol. The first-order chi connectivity index (χ1) is 12.6. The Hall–Kier alpha value is -2.66. The fraction of sp³-hybridized carbons (Fsp3) is 0.333. The zero-order chi connectivity index (χ0) is 18.1. The molecule has 0 aliphatic carbocycles. The van der Waals surface area contributed by atoms with Crippen molar-refractivity contribution in [3.05, 3.63) is 65.7 Å². The molecule has 0 spiro atoms. The lowest BCUT2D eigenvalue weighted by atomic mass is 10.0. The number of benzene rings is 2. The van der Waals surface area contributed by atoms with Crippen molar-refractivity contribution in [2.75, 3.05) is 18.1 Å². The minimum absolute atomic E-state index is 0.0388. The average Bonchev–Trinajstić information content (AvgIpc) is 3.28. The number of hydrogen-bond donors (Lipinski definition) is 1. The second-order valence-corrected chi connectivity index (χ2v) is 7.03. The highest BCUT2D eigenvalue weighted by Crippen LogP contribution is 2.33. The third kappa shape index (κ3) is 3.22. The van der Waals surface area contributed by atoms with Gasteiger partial charge < -0.3 is 10.0 Å². The maximum absolute atomic E-state index is 13.0. The molecule has 4 rings (SSSR count). The predicted octanol–water partition coefficient (Wildman–Crippen LogP) is 3.22. The summed E-state index contributed by atoms with van der Waals surface area (Å²) in [6.45, 7) is 3.28. The number of carbonyl (C=O) groups is 1. The molecule has 5 nitrogen and oxygen atoms in total. The highest BCUT2D eigenvalue weighted by molar-refractivity contribution is 5.95. The Labute approximate surface area is 153 Å². The third-order valence-electron chi connectivity index (χ3n) is 5.11. The lowest BCUT2D eigenvalue weighted by Gasteiger charge is -2.25. The molecule has 2 heterocycles. The highest BCUT2D eigenvalue weighted by Gasteiger charge is 2.35. The van der Waals surface area contributed by atoms with Gasteiger partial charge in [-0.1, -0.05) is 30.3 Å². The molecule has 1 saturated heterocycles. The van der Waals surface area contributed by atoms with Gasteiger partial charge in [0.05, 0.1) is 17.8 Å². The molecule has 2 aliphatic rings. The standard InChI is InChI=1S/C21H23N3O2/c1-15-11-12-24(22-15)18-9-7-17(8-10-18)21(26)23-14-19(25)13-20(23)16-5-3-2-4-6-16/h2-10,19-20,25H,11-14H2,1H3.